The maximum atomic E-state index is 14.0. The first kappa shape index (κ1) is 21.7. The maximum absolute atomic E-state index is 14.0. The van der Waals surface area contributed by atoms with E-state index in [2.05, 4.69) is 4.98 Å². The molecule has 0 radical (unpaired) electrons. The van der Waals surface area contributed by atoms with Crippen molar-refractivity contribution in [3.63, 3.8) is 0 Å². The highest BCUT2D eigenvalue weighted by Gasteiger charge is 2.18. The van der Waals surface area contributed by atoms with Crippen molar-refractivity contribution in [1.29, 1.82) is 0 Å². The standard InChI is InChI=1S/C21H22FN3O4S/c1-3-30(27,28)17-6-4-5-14(9-17)18-10-15(21(26)29-2)11-19-20(18)24-13-25(19)12-16(22)7-8-23/h4-7,9-11,13H,3,8,12,23H2,1-2H3/b16-7-. The highest BCUT2D eigenvalue weighted by Crippen LogP contribution is 2.31. The van der Waals surface area contributed by atoms with E-state index in [-0.39, 0.29) is 29.3 Å². The van der Waals surface area contributed by atoms with Crippen molar-refractivity contribution in [2.45, 2.75) is 18.4 Å². The van der Waals surface area contributed by atoms with Crippen molar-refractivity contribution >= 4 is 26.8 Å². The largest absolute Gasteiger partial charge is 0.465 e. The quantitative estimate of drug-likeness (QED) is 0.577. The first-order chi connectivity index (χ1) is 14.3. The van der Waals surface area contributed by atoms with Crippen LogP contribution in [0.15, 0.2) is 59.5 Å². The molecule has 1 heterocycles. The van der Waals surface area contributed by atoms with E-state index < -0.39 is 21.6 Å². The van der Waals surface area contributed by atoms with Gasteiger partial charge in [-0.05, 0) is 35.9 Å². The van der Waals surface area contributed by atoms with Crippen molar-refractivity contribution in [1.82, 2.24) is 9.55 Å². The van der Waals surface area contributed by atoms with Gasteiger partial charge in [0.15, 0.2) is 9.84 Å². The molecule has 9 heteroatoms. The summed E-state index contributed by atoms with van der Waals surface area (Å²) in [5.74, 6) is -1.03. The number of ether oxygens (including phenoxy) is 1. The molecule has 30 heavy (non-hydrogen) atoms. The van der Waals surface area contributed by atoms with Crippen LogP contribution in [0.2, 0.25) is 0 Å². The predicted molar refractivity (Wildman–Crippen MR) is 112 cm³/mol. The summed E-state index contributed by atoms with van der Waals surface area (Å²) in [7, 11) is -2.15. The molecule has 0 unspecified atom stereocenters. The van der Waals surface area contributed by atoms with Crippen LogP contribution in [-0.2, 0) is 21.1 Å². The van der Waals surface area contributed by atoms with E-state index in [4.69, 9.17) is 10.5 Å². The number of aromatic nitrogens is 2. The van der Waals surface area contributed by atoms with Crippen molar-refractivity contribution < 1.29 is 22.3 Å². The molecule has 0 fully saturated rings. The van der Waals surface area contributed by atoms with Crippen molar-refractivity contribution in [2.24, 2.45) is 5.73 Å². The minimum absolute atomic E-state index is 0.0323. The molecule has 0 bridgehead atoms. The fraction of sp³-hybridized carbons (Fsp3) is 0.238. The van der Waals surface area contributed by atoms with Crippen molar-refractivity contribution in [3.8, 4) is 11.1 Å². The number of imidazole rings is 1. The molecule has 7 nitrogen and oxygen atoms in total. The number of sulfone groups is 1. The van der Waals surface area contributed by atoms with E-state index in [0.717, 1.165) is 0 Å². The molecule has 1 aromatic heterocycles. The van der Waals surface area contributed by atoms with Gasteiger partial charge in [-0.2, -0.15) is 0 Å². The number of hydrogen-bond acceptors (Lipinski definition) is 6. The van der Waals surface area contributed by atoms with E-state index in [1.165, 1.54) is 25.6 Å². The predicted octanol–water partition coefficient (Wildman–Crippen LogP) is 3.10. The summed E-state index contributed by atoms with van der Waals surface area (Å²) in [4.78, 5) is 16.8. The van der Waals surface area contributed by atoms with E-state index in [1.807, 2.05) is 0 Å². The van der Waals surface area contributed by atoms with Gasteiger partial charge in [0.25, 0.3) is 0 Å². The van der Waals surface area contributed by atoms with Crippen LogP contribution in [0.25, 0.3) is 22.2 Å². The Morgan fingerprint density at radius 2 is 2.07 bits per heavy atom. The lowest BCUT2D eigenvalue weighted by molar-refractivity contribution is 0.0601. The number of fused-ring (bicyclic) bond motifs is 1. The summed E-state index contributed by atoms with van der Waals surface area (Å²) in [6.07, 6.45) is 2.72. The van der Waals surface area contributed by atoms with Gasteiger partial charge in [0.1, 0.15) is 5.83 Å². The number of allylic oxidation sites excluding steroid dienone is 1. The van der Waals surface area contributed by atoms with E-state index in [0.29, 0.717) is 22.2 Å². The number of benzene rings is 2. The molecule has 2 aromatic carbocycles. The molecule has 3 rings (SSSR count). The molecule has 0 saturated carbocycles. The van der Waals surface area contributed by atoms with Gasteiger partial charge in [-0.3, -0.25) is 0 Å². The Morgan fingerprint density at radius 3 is 2.73 bits per heavy atom. The number of rotatable bonds is 7. The second-order valence-corrected chi connectivity index (χ2v) is 8.85. The zero-order valence-electron chi connectivity index (χ0n) is 16.6. The van der Waals surface area contributed by atoms with Gasteiger partial charge in [-0.1, -0.05) is 19.1 Å². The number of carbonyl (C=O) groups is 1. The Morgan fingerprint density at radius 1 is 1.30 bits per heavy atom. The number of methoxy groups -OCH3 is 1. The maximum Gasteiger partial charge on any atom is 0.337 e. The van der Waals surface area contributed by atoms with Gasteiger partial charge in [-0.15, -0.1) is 0 Å². The van der Waals surface area contributed by atoms with Crippen LogP contribution in [0.4, 0.5) is 4.39 Å². The lowest BCUT2D eigenvalue weighted by Crippen LogP contribution is -2.05. The number of esters is 1. The van der Waals surface area contributed by atoms with Crippen LogP contribution in [0.1, 0.15) is 17.3 Å². The molecule has 0 saturated heterocycles. The molecule has 0 amide bonds. The third kappa shape index (κ3) is 4.27. The number of nitrogens with zero attached hydrogens (tertiary/aromatic N) is 2. The zero-order chi connectivity index (χ0) is 21.9. The van der Waals surface area contributed by atoms with Gasteiger partial charge in [0.05, 0.1) is 47.2 Å². The SMILES string of the molecule is CCS(=O)(=O)c1cccc(-c2cc(C(=O)OC)cc3c2ncn3C/C(F)=C/CN)c1. The van der Waals surface area contributed by atoms with Gasteiger partial charge in [0.2, 0.25) is 0 Å². The summed E-state index contributed by atoms with van der Waals surface area (Å²) >= 11 is 0. The Hall–Kier alpha value is -3.04. The molecular formula is C21H22FN3O4S. The molecule has 0 spiro atoms. The average Bonchev–Trinajstić information content (AvgIpc) is 3.15. The summed E-state index contributed by atoms with van der Waals surface area (Å²) in [6, 6.07) is 9.60. The summed E-state index contributed by atoms with van der Waals surface area (Å²) in [5, 5.41) is 0. The minimum Gasteiger partial charge on any atom is -0.465 e. The Bertz CT molecular complexity index is 1230. The third-order valence-corrected chi connectivity index (χ3v) is 6.42. The summed E-state index contributed by atoms with van der Waals surface area (Å²) < 4.78 is 45.0. The molecule has 0 aliphatic carbocycles. The monoisotopic (exact) mass is 431 g/mol. The van der Waals surface area contributed by atoms with Gasteiger partial charge in [-0.25, -0.2) is 22.6 Å². The Labute approximate surface area is 173 Å². The summed E-state index contributed by atoms with van der Waals surface area (Å²) in [5.41, 5.74) is 7.74. The average molecular weight is 431 g/mol. The third-order valence-electron chi connectivity index (χ3n) is 4.69. The van der Waals surface area contributed by atoms with Crippen LogP contribution < -0.4 is 5.73 Å². The van der Waals surface area contributed by atoms with Gasteiger partial charge >= 0.3 is 5.97 Å². The first-order valence-corrected chi connectivity index (χ1v) is 10.9. The first-order valence-electron chi connectivity index (χ1n) is 9.25. The topological polar surface area (TPSA) is 104 Å². The Kier molecular flexibility index (Phi) is 6.33. The zero-order valence-corrected chi connectivity index (χ0v) is 17.4. The molecule has 0 aliphatic rings. The molecule has 2 N–H and O–H groups in total. The van der Waals surface area contributed by atoms with Crippen LogP contribution in [0, 0.1) is 0 Å². The summed E-state index contributed by atoms with van der Waals surface area (Å²) in [6.45, 7) is 1.54. The van der Waals surface area contributed by atoms with Crippen molar-refractivity contribution in [3.05, 3.63) is 60.2 Å². The molecular weight excluding hydrogens is 409 g/mol. The molecule has 0 atom stereocenters. The number of hydrogen-bond donors (Lipinski definition) is 1. The second-order valence-electron chi connectivity index (χ2n) is 6.57. The number of carbonyl (C=O) groups excluding carboxylic acids is 1. The van der Waals surface area contributed by atoms with E-state index in [1.54, 1.807) is 41.8 Å². The highest BCUT2D eigenvalue weighted by atomic mass is 32.2. The molecule has 0 aliphatic heterocycles. The fourth-order valence-corrected chi connectivity index (χ4v) is 4.05. The van der Waals surface area contributed by atoms with E-state index >= 15 is 0 Å². The molecule has 158 valence electrons. The van der Waals surface area contributed by atoms with Crippen LogP contribution in [0.3, 0.4) is 0 Å². The minimum atomic E-state index is -3.42. The van der Waals surface area contributed by atoms with Crippen LogP contribution in [-0.4, -0.2) is 43.3 Å². The highest BCUT2D eigenvalue weighted by molar-refractivity contribution is 7.91. The van der Waals surface area contributed by atoms with E-state index in [9.17, 15) is 17.6 Å². The normalized spacial score (nSPS) is 12.3. The van der Waals surface area contributed by atoms with Crippen LogP contribution >= 0.6 is 0 Å². The smallest absolute Gasteiger partial charge is 0.337 e. The van der Waals surface area contributed by atoms with Gasteiger partial charge < -0.3 is 15.0 Å². The van der Waals surface area contributed by atoms with Crippen LogP contribution in [0.5, 0.6) is 0 Å². The fourth-order valence-electron chi connectivity index (χ4n) is 3.12. The Balaban J connectivity index is 2.24. The second kappa shape index (κ2) is 8.76. The van der Waals surface area contributed by atoms with Gasteiger partial charge in [0, 0.05) is 12.1 Å². The van der Waals surface area contributed by atoms with Crippen molar-refractivity contribution in [2.75, 3.05) is 19.4 Å². The number of halogens is 1. The molecule has 3 aromatic rings. The lowest BCUT2D eigenvalue weighted by Gasteiger charge is -2.10. The lowest BCUT2D eigenvalue weighted by atomic mass is 10.0. The number of nitrogens with two attached hydrogens (primary N) is 1.